The lowest BCUT2D eigenvalue weighted by Gasteiger charge is -2.43. The first-order chi connectivity index (χ1) is 8.19. The number of hydrogen-bond acceptors (Lipinski definition) is 3. The minimum absolute atomic E-state index is 0.0698. The van der Waals surface area contributed by atoms with E-state index in [4.69, 9.17) is 15.2 Å². The van der Waals surface area contributed by atoms with Gasteiger partial charge in [0.15, 0.2) is 0 Å². The van der Waals surface area contributed by atoms with Crippen LogP contribution in [-0.4, -0.2) is 18.8 Å². The molecule has 1 unspecified atom stereocenters. The standard InChI is InChI=1S/C14H19NO2/c1-10-3-4-13-11(7-10)12(15)8-14(17-13)5-2-6-16-9-14/h3-4,7,12H,2,5-6,8-9,15H2,1H3/t12-,14?/m1/s1. The van der Waals surface area contributed by atoms with Crippen molar-refractivity contribution >= 4 is 0 Å². The Morgan fingerprint density at radius 1 is 1.41 bits per heavy atom. The smallest absolute Gasteiger partial charge is 0.134 e. The molecule has 3 rings (SSSR count). The Bertz CT molecular complexity index is 424. The molecule has 1 aromatic rings. The first-order valence-electron chi connectivity index (χ1n) is 6.31. The highest BCUT2D eigenvalue weighted by Gasteiger charge is 2.41. The van der Waals surface area contributed by atoms with E-state index >= 15 is 0 Å². The fourth-order valence-electron chi connectivity index (χ4n) is 2.90. The Kier molecular flexibility index (Phi) is 2.60. The predicted octanol–water partition coefficient (Wildman–Crippen LogP) is 2.33. The number of benzene rings is 1. The Labute approximate surface area is 102 Å². The quantitative estimate of drug-likeness (QED) is 0.748. The molecule has 0 amide bonds. The van der Waals surface area contributed by atoms with Crippen LogP contribution in [0.15, 0.2) is 18.2 Å². The number of fused-ring (bicyclic) bond motifs is 1. The van der Waals surface area contributed by atoms with Crippen LogP contribution in [0.3, 0.4) is 0 Å². The van der Waals surface area contributed by atoms with Gasteiger partial charge in [0.2, 0.25) is 0 Å². The number of nitrogens with two attached hydrogens (primary N) is 1. The molecule has 0 bridgehead atoms. The minimum Gasteiger partial charge on any atom is -0.484 e. The van der Waals surface area contributed by atoms with E-state index in [1.165, 1.54) is 5.56 Å². The summed E-state index contributed by atoms with van der Waals surface area (Å²) >= 11 is 0. The molecule has 92 valence electrons. The van der Waals surface area contributed by atoms with Gasteiger partial charge in [-0.05, 0) is 25.8 Å². The molecule has 2 N–H and O–H groups in total. The molecule has 2 aliphatic rings. The van der Waals surface area contributed by atoms with Crippen molar-refractivity contribution in [3.05, 3.63) is 29.3 Å². The van der Waals surface area contributed by atoms with E-state index < -0.39 is 0 Å². The maximum atomic E-state index is 6.29. The monoisotopic (exact) mass is 233 g/mol. The Hall–Kier alpha value is -1.06. The molecular weight excluding hydrogens is 214 g/mol. The third kappa shape index (κ3) is 1.94. The molecule has 3 heteroatoms. The summed E-state index contributed by atoms with van der Waals surface area (Å²) in [5.74, 6) is 0.944. The first-order valence-corrected chi connectivity index (χ1v) is 6.31. The zero-order chi connectivity index (χ0) is 11.9. The molecular formula is C14H19NO2. The summed E-state index contributed by atoms with van der Waals surface area (Å²) in [6.45, 7) is 3.61. The lowest BCUT2D eigenvalue weighted by molar-refractivity contribution is -0.0833. The van der Waals surface area contributed by atoms with Crippen LogP contribution in [0.5, 0.6) is 5.75 Å². The Morgan fingerprint density at radius 2 is 2.29 bits per heavy atom. The molecule has 1 spiro atoms. The van der Waals surface area contributed by atoms with Gasteiger partial charge >= 0.3 is 0 Å². The van der Waals surface area contributed by atoms with E-state index in [9.17, 15) is 0 Å². The van der Waals surface area contributed by atoms with Crippen LogP contribution < -0.4 is 10.5 Å². The molecule has 0 aromatic heterocycles. The lowest BCUT2D eigenvalue weighted by atomic mass is 9.83. The summed E-state index contributed by atoms with van der Waals surface area (Å²) < 4.78 is 11.8. The van der Waals surface area contributed by atoms with Crippen molar-refractivity contribution in [2.45, 2.75) is 37.8 Å². The van der Waals surface area contributed by atoms with Gasteiger partial charge in [0.25, 0.3) is 0 Å². The summed E-state index contributed by atoms with van der Waals surface area (Å²) in [5.41, 5.74) is 8.48. The molecule has 0 saturated carbocycles. The van der Waals surface area contributed by atoms with E-state index in [0.29, 0.717) is 6.61 Å². The van der Waals surface area contributed by atoms with Crippen molar-refractivity contribution in [2.75, 3.05) is 13.2 Å². The predicted molar refractivity (Wildman–Crippen MR) is 66.1 cm³/mol. The molecule has 1 saturated heterocycles. The van der Waals surface area contributed by atoms with Crippen LogP contribution in [0.4, 0.5) is 0 Å². The Balaban J connectivity index is 1.94. The van der Waals surface area contributed by atoms with Gasteiger partial charge < -0.3 is 15.2 Å². The summed E-state index contributed by atoms with van der Waals surface area (Å²) in [7, 11) is 0. The largest absolute Gasteiger partial charge is 0.484 e. The van der Waals surface area contributed by atoms with Gasteiger partial charge in [0.05, 0.1) is 6.61 Å². The fraction of sp³-hybridized carbons (Fsp3) is 0.571. The number of ether oxygens (including phenoxy) is 2. The van der Waals surface area contributed by atoms with Gasteiger partial charge in [-0.1, -0.05) is 17.7 Å². The zero-order valence-corrected chi connectivity index (χ0v) is 10.2. The van der Waals surface area contributed by atoms with Gasteiger partial charge in [-0.15, -0.1) is 0 Å². The van der Waals surface area contributed by atoms with Crippen molar-refractivity contribution in [3.63, 3.8) is 0 Å². The topological polar surface area (TPSA) is 44.5 Å². The van der Waals surface area contributed by atoms with Gasteiger partial charge in [-0.2, -0.15) is 0 Å². The van der Waals surface area contributed by atoms with E-state index in [1.54, 1.807) is 0 Å². The van der Waals surface area contributed by atoms with Crippen LogP contribution in [0.1, 0.15) is 36.4 Å². The van der Waals surface area contributed by atoms with Gasteiger partial charge in [0.1, 0.15) is 11.4 Å². The van der Waals surface area contributed by atoms with Crippen LogP contribution in [0.25, 0.3) is 0 Å². The second-order valence-corrected chi connectivity index (χ2v) is 5.29. The second-order valence-electron chi connectivity index (χ2n) is 5.29. The minimum atomic E-state index is -0.181. The average molecular weight is 233 g/mol. The number of aryl methyl sites for hydroxylation is 1. The van der Waals surface area contributed by atoms with Crippen molar-refractivity contribution in [1.82, 2.24) is 0 Å². The van der Waals surface area contributed by atoms with E-state index in [-0.39, 0.29) is 11.6 Å². The van der Waals surface area contributed by atoms with Gasteiger partial charge in [-0.3, -0.25) is 0 Å². The van der Waals surface area contributed by atoms with Gasteiger partial charge in [-0.25, -0.2) is 0 Å². The summed E-state index contributed by atoms with van der Waals surface area (Å²) in [4.78, 5) is 0. The van der Waals surface area contributed by atoms with E-state index in [0.717, 1.165) is 37.2 Å². The fourth-order valence-corrected chi connectivity index (χ4v) is 2.90. The van der Waals surface area contributed by atoms with Gasteiger partial charge in [0, 0.05) is 24.6 Å². The third-order valence-corrected chi connectivity index (χ3v) is 3.77. The van der Waals surface area contributed by atoms with Crippen molar-refractivity contribution < 1.29 is 9.47 Å². The molecule has 0 aliphatic carbocycles. The second kappa shape index (κ2) is 4.00. The number of rotatable bonds is 0. The SMILES string of the molecule is Cc1ccc2c(c1)[C@H](N)CC1(CCCOC1)O2. The molecule has 17 heavy (non-hydrogen) atoms. The Morgan fingerprint density at radius 3 is 3.06 bits per heavy atom. The third-order valence-electron chi connectivity index (χ3n) is 3.77. The first kappa shape index (κ1) is 11.1. The molecule has 1 fully saturated rings. The summed E-state index contributed by atoms with van der Waals surface area (Å²) in [6.07, 6.45) is 2.98. The number of hydrogen-bond donors (Lipinski definition) is 1. The zero-order valence-electron chi connectivity index (χ0n) is 10.2. The molecule has 2 atom stereocenters. The van der Waals surface area contributed by atoms with Crippen molar-refractivity contribution in [3.8, 4) is 5.75 Å². The maximum absolute atomic E-state index is 6.29. The maximum Gasteiger partial charge on any atom is 0.134 e. The average Bonchev–Trinajstić information content (AvgIpc) is 2.31. The highest BCUT2D eigenvalue weighted by Crippen LogP contribution is 2.42. The molecule has 2 heterocycles. The van der Waals surface area contributed by atoms with E-state index in [2.05, 4.69) is 19.1 Å². The highest BCUT2D eigenvalue weighted by molar-refractivity contribution is 5.41. The van der Waals surface area contributed by atoms with Crippen LogP contribution in [-0.2, 0) is 4.74 Å². The van der Waals surface area contributed by atoms with Crippen molar-refractivity contribution in [2.24, 2.45) is 5.73 Å². The van der Waals surface area contributed by atoms with Crippen LogP contribution in [0, 0.1) is 6.92 Å². The molecule has 1 aromatic carbocycles. The lowest BCUT2D eigenvalue weighted by Crippen LogP contribution is -2.49. The summed E-state index contributed by atoms with van der Waals surface area (Å²) in [6, 6.07) is 6.32. The van der Waals surface area contributed by atoms with Crippen LogP contribution >= 0.6 is 0 Å². The highest BCUT2D eigenvalue weighted by atomic mass is 16.5. The van der Waals surface area contributed by atoms with Crippen LogP contribution in [0.2, 0.25) is 0 Å². The molecule has 2 aliphatic heterocycles. The summed E-state index contributed by atoms with van der Waals surface area (Å²) in [5, 5.41) is 0. The molecule has 3 nitrogen and oxygen atoms in total. The van der Waals surface area contributed by atoms with E-state index in [1.807, 2.05) is 6.07 Å². The molecule has 0 radical (unpaired) electrons. The van der Waals surface area contributed by atoms with Crippen molar-refractivity contribution in [1.29, 1.82) is 0 Å². The normalized spacial score (nSPS) is 32.0.